The average molecular weight is 313 g/mol. The van der Waals surface area contributed by atoms with Crippen LogP contribution in [0.1, 0.15) is 44.3 Å². The molecule has 1 N–H and O–H groups in total. The molecule has 0 radical (unpaired) electrons. The molecule has 5 heteroatoms. The van der Waals surface area contributed by atoms with E-state index in [-0.39, 0.29) is 0 Å². The molecule has 0 amide bonds. The second kappa shape index (κ2) is 4.93. The lowest BCUT2D eigenvalue weighted by molar-refractivity contribution is 0.244. The standard InChI is InChI=1S/C13H21BrN4/c1-3-15-11(12-13(14)16-17-18(12)2)10-7-8-4-5-9(10)6-8/h8-11,15H,3-7H2,1-2H3. The van der Waals surface area contributed by atoms with Crippen molar-refractivity contribution in [3.63, 3.8) is 0 Å². The van der Waals surface area contributed by atoms with E-state index in [1.807, 2.05) is 11.7 Å². The molecule has 2 fully saturated rings. The van der Waals surface area contributed by atoms with Crippen LogP contribution >= 0.6 is 15.9 Å². The van der Waals surface area contributed by atoms with E-state index in [1.165, 1.54) is 31.4 Å². The molecule has 4 nitrogen and oxygen atoms in total. The van der Waals surface area contributed by atoms with E-state index in [9.17, 15) is 0 Å². The summed E-state index contributed by atoms with van der Waals surface area (Å²) in [4.78, 5) is 0. The van der Waals surface area contributed by atoms with E-state index in [1.54, 1.807) is 0 Å². The van der Waals surface area contributed by atoms with Crippen molar-refractivity contribution in [2.75, 3.05) is 6.54 Å². The molecule has 2 aliphatic carbocycles. The van der Waals surface area contributed by atoms with Crippen LogP contribution in [0.2, 0.25) is 0 Å². The summed E-state index contributed by atoms with van der Waals surface area (Å²) in [6, 6.07) is 0.402. The van der Waals surface area contributed by atoms with Crippen molar-refractivity contribution in [2.45, 2.75) is 38.6 Å². The number of nitrogens with zero attached hydrogens (tertiary/aromatic N) is 3. The van der Waals surface area contributed by atoms with E-state index in [0.717, 1.165) is 28.9 Å². The van der Waals surface area contributed by atoms with Gasteiger partial charge in [-0.15, -0.1) is 5.10 Å². The zero-order valence-corrected chi connectivity index (χ0v) is 12.7. The van der Waals surface area contributed by atoms with E-state index < -0.39 is 0 Å². The first-order valence-corrected chi connectivity index (χ1v) is 7.78. The molecule has 1 heterocycles. The maximum absolute atomic E-state index is 4.14. The second-order valence-corrected chi connectivity index (χ2v) is 6.51. The predicted molar refractivity (Wildman–Crippen MR) is 74.1 cm³/mol. The topological polar surface area (TPSA) is 42.7 Å². The lowest BCUT2D eigenvalue weighted by Crippen LogP contribution is -2.33. The molecule has 0 aromatic carbocycles. The van der Waals surface area contributed by atoms with Crippen LogP contribution in [0.4, 0.5) is 0 Å². The van der Waals surface area contributed by atoms with Crippen LogP contribution in [0.5, 0.6) is 0 Å². The zero-order chi connectivity index (χ0) is 12.7. The van der Waals surface area contributed by atoms with Gasteiger partial charge in [-0.25, -0.2) is 4.68 Å². The van der Waals surface area contributed by atoms with Gasteiger partial charge < -0.3 is 5.32 Å². The summed E-state index contributed by atoms with van der Waals surface area (Å²) in [6.07, 6.45) is 5.68. The van der Waals surface area contributed by atoms with E-state index >= 15 is 0 Å². The Morgan fingerprint density at radius 3 is 2.78 bits per heavy atom. The molecule has 4 unspecified atom stereocenters. The largest absolute Gasteiger partial charge is 0.309 e. The Morgan fingerprint density at radius 1 is 1.44 bits per heavy atom. The Kier molecular flexibility index (Phi) is 3.45. The van der Waals surface area contributed by atoms with Gasteiger partial charge in [0.25, 0.3) is 0 Å². The van der Waals surface area contributed by atoms with Crippen molar-refractivity contribution >= 4 is 15.9 Å². The molecule has 1 aromatic rings. The highest BCUT2D eigenvalue weighted by atomic mass is 79.9. The molecular formula is C13H21BrN4. The minimum atomic E-state index is 0.402. The zero-order valence-electron chi connectivity index (χ0n) is 11.1. The Morgan fingerprint density at radius 2 is 2.28 bits per heavy atom. The Labute approximate surface area is 117 Å². The molecule has 1 aromatic heterocycles. The van der Waals surface area contributed by atoms with Crippen molar-refractivity contribution < 1.29 is 0 Å². The number of aromatic nitrogens is 3. The number of hydrogen-bond donors (Lipinski definition) is 1. The number of hydrogen-bond acceptors (Lipinski definition) is 3. The van der Waals surface area contributed by atoms with Gasteiger partial charge in [-0.1, -0.05) is 18.6 Å². The highest BCUT2D eigenvalue weighted by molar-refractivity contribution is 9.10. The normalized spacial score (nSPS) is 32.1. The van der Waals surface area contributed by atoms with Crippen LogP contribution in [0.3, 0.4) is 0 Å². The highest BCUT2D eigenvalue weighted by Gasteiger charge is 2.44. The average Bonchev–Trinajstić information content (AvgIpc) is 3.04. The predicted octanol–water partition coefficient (Wildman–Crippen LogP) is 2.66. The van der Waals surface area contributed by atoms with Crippen LogP contribution in [0, 0.1) is 17.8 Å². The van der Waals surface area contributed by atoms with Crippen molar-refractivity contribution in [1.29, 1.82) is 0 Å². The fourth-order valence-electron chi connectivity index (χ4n) is 4.04. The third kappa shape index (κ3) is 2.01. The van der Waals surface area contributed by atoms with Gasteiger partial charge in [-0.2, -0.15) is 0 Å². The third-order valence-electron chi connectivity index (χ3n) is 4.77. The summed E-state index contributed by atoms with van der Waals surface area (Å²) >= 11 is 3.55. The van der Waals surface area contributed by atoms with Gasteiger partial charge in [0.2, 0.25) is 0 Å². The number of nitrogens with one attached hydrogen (secondary N) is 1. The first kappa shape index (κ1) is 12.6. The molecule has 2 aliphatic rings. The summed E-state index contributed by atoms with van der Waals surface area (Å²) in [5.74, 6) is 2.64. The Hall–Kier alpha value is -0.420. The summed E-state index contributed by atoms with van der Waals surface area (Å²) in [6.45, 7) is 3.17. The first-order chi connectivity index (χ1) is 8.70. The summed E-state index contributed by atoms with van der Waals surface area (Å²) in [5.41, 5.74) is 1.22. The first-order valence-electron chi connectivity index (χ1n) is 6.99. The molecular weight excluding hydrogens is 292 g/mol. The van der Waals surface area contributed by atoms with Crippen LogP contribution in [-0.4, -0.2) is 21.5 Å². The number of rotatable bonds is 4. The SMILES string of the molecule is CCNC(c1c(Br)nnn1C)C1CC2CCC1C2. The lowest BCUT2D eigenvalue weighted by Gasteiger charge is -2.31. The third-order valence-corrected chi connectivity index (χ3v) is 5.33. The molecule has 0 spiro atoms. The smallest absolute Gasteiger partial charge is 0.153 e. The van der Waals surface area contributed by atoms with E-state index in [4.69, 9.17) is 0 Å². The van der Waals surface area contributed by atoms with E-state index in [2.05, 4.69) is 38.5 Å². The molecule has 100 valence electrons. The maximum atomic E-state index is 4.14. The lowest BCUT2D eigenvalue weighted by atomic mass is 9.82. The van der Waals surface area contributed by atoms with Crippen molar-refractivity contribution in [3.8, 4) is 0 Å². The summed E-state index contributed by atoms with van der Waals surface area (Å²) in [7, 11) is 1.99. The molecule has 2 saturated carbocycles. The number of aryl methyl sites for hydroxylation is 1. The van der Waals surface area contributed by atoms with Gasteiger partial charge >= 0.3 is 0 Å². The quantitative estimate of drug-likeness (QED) is 0.929. The molecule has 18 heavy (non-hydrogen) atoms. The Balaban J connectivity index is 1.88. The van der Waals surface area contributed by atoms with Crippen LogP contribution in [0.25, 0.3) is 0 Å². The molecule has 4 atom stereocenters. The monoisotopic (exact) mass is 312 g/mol. The van der Waals surface area contributed by atoms with Gasteiger partial charge in [-0.05, 0) is 59.5 Å². The van der Waals surface area contributed by atoms with Crippen molar-refractivity contribution in [2.24, 2.45) is 24.8 Å². The summed E-state index contributed by atoms with van der Waals surface area (Å²) < 4.78 is 2.82. The molecule has 2 bridgehead atoms. The van der Waals surface area contributed by atoms with Gasteiger partial charge in [0.1, 0.15) is 0 Å². The Bertz CT molecular complexity index is 411. The molecule has 0 aliphatic heterocycles. The molecule has 0 saturated heterocycles. The second-order valence-electron chi connectivity index (χ2n) is 5.76. The van der Waals surface area contributed by atoms with Crippen molar-refractivity contribution in [3.05, 3.63) is 10.3 Å². The minimum absolute atomic E-state index is 0.402. The fraction of sp³-hybridized carbons (Fsp3) is 0.846. The van der Waals surface area contributed by atoms with Gasteiger partial charge in [0, 0.05) is 7.05 Å². The number of fused-ring (bicyclic) bond motifs is 2. The van der Waals surface area contributed by atoms with E-state index in [0.29, 0.717) is 6.04 Å². The fourth-order valence-corrected chi connectivity index (χ4v) is 4.62. The van der Waals surface area contributed by atoms with Crippen LogP contribution in [-0.2, 0) is 7.05 Å². The summed E-state index contributed by atoms with van der Waals surface area (Å²) in [5, 5.41) is 11.9. The minimum Gasteiger partial charge on any atom is -0.309 e. The van der Waals surface area contributed by atoms with Gasteiger partial charge in [-0.3, -0.25) is 0 Å². The number of halogens is 1. The van der Waals surface area contributed by atoms with Gasteiger partial charge in [0.15, 0.2) is 4.60 Å². The van der Waals surface area contributed by atoms with Gasteiger partial charge in [0.05, 0.1) is 11.7 Å². The maximum Gasteiger partial charge on any atom is 0.153 e. The van der Waals surface area contributed by atoms with Crippen LogP contribution < -0.4 is 5.32 Å². The van der Waals surface area contributed by atoms with Crippen molar-refractivity contribution in [1.82, 2.24) is 20.3 Å². The van der Waals surface area contributed by atoms with Crippen LogP contribution in [0.15, 0.2) is 4.60 Å². The highest BCUT2D eigenvalue weighted by Crippen LogP contribution is 2.52. The molecule has 3 rings (SSSR count).